The monoisotopic (exact) mass is 307 g/mol. The third-order valence-electron chi connectivity index (χ3n) is 3.48. The zero-order valence-electron chi connectivity index (χ0n) is 12.7. The van der Waals surface area contributed by atoms with Crippen LogP contribution in [0.5, 0.6) is 5.75 Å². The Morgan fingerprint density at radius 1 is 1.33 bits per heavy atom. The fourth-order valence-corrected chi connectivity index (χ4v) is 2.66. The molecule has 0 aliphatic carbocycles. The second-order valence-corrected chi connectivity index (χ2v) is 5.05. The molecule has 21 heavy (non-hydrogen) atoms. The number of fused-ring (bicyclic) bond motifs is 1. The maximum atomic E-state index is 12.3. The van der Waals surface area contributed by atoms with Gasteiger partial charge in [-0.25, -0.2) is 0 Å². The van der Waals surface area contributed by atoms with Gasteiger partial charge >= 0.3 is 0 Å². The Bertz CT molecular complexity index is 686. The Morgan fingerprint density at radius 3 is 2.67 bits per heavy atom. The van der Waals surface area contributed by atoms with Gasteiger partial charge < -0.3 is 19.2 Å². The number of ether oxygens (including phenoxy) is 1. The highest BCUT2D eigenvalue weighted by Gasteiger charge is 2.15. The van der Waals surface area contributed by atoms with Gasteiger partial charge in [-0.1, -0.05) is 6.07 Å². The van der Waals surface area contributed by atoms with Crippen molar-refractivity contribution in [3.8, 4) is 5.75 Å². The molecular weight excluding hydrogens is 286 g/mol. The van der Waals surface area contributed by atoms with Crippen molar-refractivity contribution in [2.75, 3.05) is 19.7 Å². The maximum Gasteiger partial charge on any atom is 0.242 e. The highest BCUT2D eigenvalue weighted by Crippen LogP contribution is 2.25. The van der Waals surface area contributed by atoms with Crippen LogP contribution in [0.25, 0.3) is 11.0 Å². The number of imidazole rings is 1. The average Bonchev–Trinajstić information content (AvgIpc) is 2.78. The fraction of sp³-hybridized carbons (Fsp3) is 0.467. The summed E-state index contributed by atoms with van der Waals surface area (Å²) < 4.78 is 7.96. The second-order valence-electron chi connectivity index (χ2n) is 4.67. The summed E-state index contributed by atoms with van der Waals surface area (Å²) >= 11 is 5.36. The summed E-state index contributed by atoms with van der Waals surface area (Å²) in [7, 11) is 0. The van der Waals surface area contributed by atoms with E-state index in [1.165, 1.54) is 0 Å². The number of rotatable bonds is 6. The Labute approximate surface area is 129 Å². The Morgan fingerprint density at radius 2 is 2.05 bits per heavy atom. The molecule has 0 radical (unpaired) electrons. The Balaban J connectivity index is 2.41. The van der Waals surface area contributed by atoms with Crippen molar-refractivity contribution in [3.05, 3.63) is 23.0 Å². The van der Waals surface area contributed by atoms with Crippen LogP contribution in [-0.4, -0.2) is 40.1 Å². The first-order valence-corrected chi connectivity index (χ1v) is 7.65. The molecule has 0 fully saturated rings. The van der Waals surface area contributed by atoms with E-state index < -0.39 is 0 Å². The van der Waals surface area contributed by atoms with E-state index in [1.54, 1.807) is 4.90 Å². The van der Waals surface area contributed by atoms with E-state index in [-0.39, 0.29) is 12.5 Å². The molecule has 1 aromatic heterocycles. The number of H-pyrrole nitrogens is 1. The van der Waals surface area contributed by atoms with Crippen molar-refractivity contribution in [1.29, 1.82) is 0 Å². The molecule has 0 spiro atoms. The smallest absolute Gasteiger partial charge is 0.242 e. The maximum absolute atomic E-state index is 12.3. The molecule has 1 heterocycles. The molecule has 0 unspecified atom stereocenters. The van der Waals surface area contributed by atoms with Crippen LogP contribution >= 0.6 is 12.2 Å². The minimum Gasteiger partial charge on any atom is -0.492 e. The number of para-hydroxylation sites is 1. The quantitative estimate of drug-likeness (QED) is 0.835. The molecule has 2 rings (SSSR count). The number of aromatic nitrogens is 2. The minimum absolute atomic E-state index is 0.0683. The third-order valence-corrected chi connectivity index (χ3v) is 3.80. The van der Waals surface area contributed by atoms with Gasteiger partial charge in [0.2, 0.25) is 5.91 Å². The number of benzene rings is 1. The predicted octanol–water partition coefficient (Wildman–Crippen LogP) is 2.97. The number of carbonyl (C=O) groups is 1. The molecule has 0 saturated carbocycles. The number of nitrogens with one attached hydrogen (secondary N) is 1. The van der Waals surface area contributed by atoms with Crippen molar-refractivity contribution in [2.24, 2.45) is 0 Å². The molecule has 1 N–H and O–H groups in total. The van der Waals surface area contributed by atoms with Gasteiger partial charge in [0.05, 0.1) is 12.1 Å². The summed E-state index contributed by atoms with van der Waals surface area (Å²) in [6, 6.07) is 5.75. The summed E-state index contributed by atoms with van der Waals surface area (Å²) in [5, 5.41) is 0. The first-order valence-electron chi connectivity index (χ1n) is 7.24. The lowest BCUT2D eigenvalue weighted by Gasteiger charge is -2.19. The van der Waals surface area contributed by atoms with E-state index in [2.05, 4.69) is 4.98 Å². The van der Waals surface area contributed by atoms with E-state index in [0.29, 0.717) is 24.5 Å². The second kappa shape index (κ2) is 6.76. The molecule has 5 nitrogen and oxygen atoms in total. The van der Waals surface area contributed by atoms with Gasteiger partial charge in [-0.2, -0.15) is 0 Å². The minimum atomic E-state index is 0.0683. The third kappa shape index (κ3) is 3.10. The van der Waals surface area contributed by atoms with E-state index in [9.17, 15) is 4.79 Å². The molecule has 6 heteroatoms. The number of aromatic amines is 1. The SMILES string of the molecule is CCOc1cccc2c1[nH]c(=S)n2CC(=O)N(CC)CC. The van der Waals surface area contributed by atoms with Crippen molar-refractivity contribution in [3.63, 3.8) is 0 Å². The lowest BCUT2D eigenvalue weighted by molar-refractivity contribution is -0.131. The van der Waals surface area contributed by atoms with E-state index in [0.717, 1.165) is 16.8 Å². The van der Waals surface area contributed by atoms with Crippen molar-refractivity contribution >= 4 is 29.2 Å². The summed E-state index contributed by atoms with van der Waals surface area (Å²) in [5.74, 6) is 0.828. The topological polar surface area (TPSA) is 50.3 Å². The van der Waals surface area contributed by atoms with Crippen LogP contribution in [0.1, 0.15) is 20.8 Å². The first kappa shape index (κ1) is 15.6. The van der Waals surface area contributed by atoms with E-state index >= 15 is 0 Å². The fourth-order valence-electron chi connectivity index (χ4n) is 2.40. The van der Waals surface area contributed by atoms with Gasteiger partial charge in [0, 0.05) is 13.1 Å². The zero-order valence-corrected chi connectivity index (χ0v) is 13.5. The summed E-state index contributed by atoms with van der Waals surface area (Å²) in [4.78, 5) is 17.2. The standard InChI is InChI=1S/C15H21N3O2S/c1-4-17(5-2)13(19)10-18-11-8-7-9-12(20-6-3)14(11)16-15(18)21/h7-9H,4-6,10H2,1-3H3,(H,16,21). The molecular formula is C15H21N3O2S. The van der Waals surface area contributed by atoms with Gasteiger partial charge in [-0.3, -0.25) is 4.79 Å². The first-order chi connectivity index (χ1) is 10.1. The summed E-state index contributed by atoms with van der Waals surface area (Å²) in [6.07, 6.45) is 0. The van der Waals surface area contributed by atoms with Gasteiger partial charge in [-0.05, 0) is 45.1 Å². The van der Waals surface area contributed by atoms with Gasteiger partial charge in [0.15, 0.2) is 4.77 Å². The molecule has 2 aromatic rings. The number of likely N-dealkylation sites (N-methyl/N-ethyl adjacent to an activating group) is 1. The van der Waals surface area contributed by atoms with Crippen molar-refractivity contribution in [2.45, 2.75) is 27.3 Å². The van der Waals surface area contributed by atoms with E-state index in [4.69, 9.17) is 17.0 Å². The molecule has 114 valence electrons. The molecule has 0 aliphatic heterocycles. The van der Waals surface area contributed by atoms with Crippen LogP contribution < -0.4 is 4.74 Å². The van der Waals surface area contributed by atoms with Crippen LogP contribution in [0.15, 0.2) is 18.2 Å². The van der Waals surface area contributed by atoms with Crippen molar-refractivity contribution in [1.82, 2.24) is 14.5 Å². The van der Waals surface area contributed by atoms with Crippen molar-refractivity contribution < 1.29 is 9.53 Å². The molecule has 0 atom stereocenters. The number of hydrogen-bond acceptors (Lipinski definition) is 3. The van der Waals surface area contributed by atoms with Crippen LogP contribution in [0.2, 0.25) is 0 Å². The average molecular weight is 307 g/mol. The lowest BCUT2D eigenvalue weighted by Crippen LogP contribution is -2.33. The Hall–Kier alpha value is -1.82. The molecule has 1 amide bonds. The zero-order chi connectivity index (χ0) is 15.4. The lowest BCUT2D eigenvalue weighted by atomic mass is 10.3. The van der Waals surface area contributed by atoms with Crippen LogP contribution in [-0.2, 0) is 11.3 Å². The predicted molar refractivity (Wildman–Crippen MR) is 86.2 cm³/mol. The van der Waals surface area contributed by atoms with Gasteiger partial charge in [-0.15, -0.1) is 0 Å². The number of nitrogens with zero attached hydrogens (tertiary/aromatic N) is 2. The highest BCUT2D eigenvalue weighted by atomic mass is 32.1. The molecule has 0 bridgehead atoms. The summed E-state index contributed by atoms with van der Waals surface area (Å²) in [5.41, 5.74) is 1.74. The molecule has 1 aromatic carbocycles. The number of carbonyl (C=O) groups excluding carboxylic acids is 1. The van der Waals surface area contributed by atoms with Crippen LogP contribution in [0, 0.1) is 4.77 Å². The number of hydrogen-bond donors (Lipinski definition) is 1. The summed E-state index contributed by atoms with van der Waals surface area (Å²) in [6.45, 7) is 8.13. The molecule has 0 saturated heterocycles. The normalized spacial score (nSPS) is 10.8. The van der Waals surface area contributed by atoms with Crippen LogP contribution in [0.4, 0.5) is 0 Å². The van der Waals surface area contributed by atoms with E-state index in [1.807, 2.05) is 43.5 Å². The molecule has 0 aliphatic rings. The number of amides is 1. The van der Waals surface area contributed by atoms with Crippen LogP contribution in [0.3, 0.4) is 0 Å². The Kier molecular flexibility index (Phi) is 5.01. The largest absolute Gasteiger partial charge is 0.492 e. The van der Waals surface area contributed by atoms with Gasteiger partial charge in [0.1, 0.15) is 17.8 Å². The highest BCUT2D eigenvalue weighted by molar-refractivity contribution is 7.71. The van der Waals surface area contributed by atoms with Gasteiger partial charge in [0.25, 0.3) is 0 Å².